The van der Waals surface area contributed by atoms with E-state index in [1.165, 1.54) is 38.6 Å². The molecule has 4 heteroatoms. The quantitative estimate of drug-likeness (QED) is 0.154. The SMILES string of the molecule is C1=CC(c2cc(-c3nc(-c4ccccc4)nc(-c4ccccc4)n3)cc(-c3ccccc3)c2-n2c3cc(-c4ccccc4)ccc3c3ccc(-c4ccccc4)cc32)=CCC1. The fourth-order valence-corrected chi connectivity index (χ4v) is 8.69. The lowest BCUT2D eigenvalue weighted by Gasteiger charge is -2.22. The molecule has 0 aliphatic heterocycles. The summed E-state index contributed by atoms with van der Waals surface area (Å²) in [7, 11) is 0. The Hall–Kier alpha value is -7.95. The normalized spacial score (nSPS) is 12.5. The second-order valence-electron chi connectivity index (χ2n) is 15.5. The maximum absolute atomic E-state index is 5.24. The van der Waals surface area contributed by atoms with Gasteiger partial charge in [-0.1, -0.05) is 194 Å². The molecule has 0 fully saturated rings. The van der Waals surface area contributed by atoms with Crippen molar-refractivity contribution in [2.75, 3.05) is 0 Å². The van der Waals surface area contributed by atoms with E-state index in [1.807, 2.05) is 36.4 Å². The van der Waals surface area contributed by atoms with Crippen LogP contribution in [-0.4, -0.2) is 19.5 Å². The molecule has 1 aliphatic carbocycles. The van der Waals surface area contributed by atoms with Gasteiger partial charge in [-0.2, -0.15) is 0 Å². The highest BCUT2D eigenvalue weighted by atomic mass is 15.0. The third kappa shape index (κ3) is 6.84. The molecule has 4 nitrogen and oxygen atoms in total. The molecular formula is C57H40N4. The maximum atomic E-state index is 5.24. The van der Waals surface area contributed by atoms with Crippen LogP contribution in [0.5, 0.6) is 0 Å². The summed E-state index contributed by atoms with van der Waals surface area (Å²) >= 11 is 0. The number of aromatic nitrogens is 4. The number of hydrogen-bond donors (Lipinski definition) is 0. The largest absolute Gasteiger partial charge is 0.308 e. The molecule has 0 N–H and O–H groups in total. The van der Waals surface area contributed by atoms with Crippen LogP contribution < -0.4 is 0 Å². The van der Waals surface area contributed by atoms with Crippen LogP contribution in [0.3, 0.4) is 0 Å². The van der Waals surface area contributed by atoms with Crippen LogP contribution in [0.15, 0.2) is 218 Å². The molecule has 0 amide bonds. The molecule has 288 valence electrons. The molecule has 0 unspecified atom stereocenters. The zero-order valence-corrected chi connectivity index (χ0v) is 33.5. The first-order valence-electron chi connectivity index (χ1n) is 20.9. The minimum atomic E-state index is 0.623. The third-order valence-electron chi connectivity index (χ3n) is 11.7. The molecule has 0 bridgehead atoms. The van der Waals surface area contributed by atoms with Gasteiger partial charge >= 0.3 is 0 Å². The first kappa shape index (κ1) is 36.2. The summed E-state index contributed by atoms with van der Waals surface area (Å²) in [5.41, 5.74) is 15.4. The summed E-state index contributed by atoms with van der Waals surface area (Å²) in [4.78, 5) is 15.5. The number of nitrogens with zero attached hydrogens (tertiary/aromatic N) is 4. The Morgan fingerprint density at radius 1 is 0.344 bits per heavy atom. The van der Waals surface area contributed by atoms with Gasteiger partial charge in [0.25, 0.3) is 0 Å². The van der Waals surface area contributed by atoms with Crippen LogP contribution >= 0.6 is 0 Å². The van der Waals surface area contributed by atoms with Crippen LogP contribution in [0.1, 0.15) is 18.4 Å². The average Bonchev–Trinajstić information content (AvgIpc) is 3.67. The summed E-state index contributed by atoms with van der Waals surface area (Å²) < 4.78 is 2.52. The van der Waals surface area contributed by atoms with Crippen LogP contribution in [0, 0.1) is 0 Å². The van der Waals surface area contributed by atoms with Crippen molar-refractivity contribution in [1.82, 2.24) is 19.5 Å². The van der Waals surface area contributed by atoms with Gasteiger partial charge in [0.1, 0.15) is 0 Å². The van der Waals surface area contributed by atoms with Crippen molar-refractivity contribution in [3.8, 4) is 73.2 Å². The monoisotopic (exact) mass is 780 g/mol. The summed E-state index contributed by atoms with van der Waals surface area (Å²) in [6.07, 6.45) is 8.94. The molecule has 0 radical (unpaired) electrons. The topological polar surface area (TPSA) is 43.6 Å². The van der Waals surface area contributed by atoms with Crippen molar-refractivity contribution in [3.05, 3.63) is 224 Å². The molecule has 1 aliphatic rings. The first-order chi connectivity index (χ1) is 30.2. The summed E-state index contributed by atoms with van der Waals surface area (Å²) in [6.45, 7) is 0. The number of fused-ring (bicyclic) bond motifs is 3. The van der Waals surface area contributed by atoms with Gasteiger partial charge in [0.2, 0.25) is 0 Å². The van der Waals surface area contributed by atoms with Gasteiger partial charge in [0.05, 0.1) is 16.7 Å². The predicted molar refractivity (Wildman–Crippen MR) is 253 cm³/mol. The van der Waals surface area contributed by atoms with Gasteiger partial charge in [0.15, 0.2) is 17.5 Å². The first-order valence-corrected chi connectivity index (χ1v) is 20.9. The van der Waals surface area contributed by atoms with Gasteiger partial charge in [-0.05, 0) is 70.5 Å². The number of rotatable bonds is 8. The van der Waals surface area contributed by atoms with Crippen LogP contribution in [0.25, 0.3) is 101 Å². The molecule has 61 heavy (non-hydrogen) atoms. The smallest absolute Gasteiger partial charge is 0.164 e. The highest BCUT2D eigenvalue weighted by molar-refractivity contribution is 6.12. The van der Waals surface area contributed by atoms with Crippen LogP contribution in [0.2, 0.25) is 0 Å². The zero-order valence-electron chi connectivity index (χ0n) is 33.5. The number of hydrogen-bond acceptors (Lipinski definition) is 3. The highest BCUT2D eigenvalue weighted by Gasteiger charge is 2.24. The predicted octanol–water partition coefficient (Wildman–Crippen LogP) is 14.7. The minimum absolute atomic E-state index is 0.623. The molecule has 2 heterocycles. The van der Waals surface area contributed by atoms with Gasteiger partial charge in [-0.25, -0.2) is 15.0 Å². The Kier molecular flexibility index (Phi) is 9.29. The molecule has 0 saturated carbocycles. The second-order valence-corrected chi connectivity index (χ2v) is 15.5. The van der Waals surface area contributed by atoms with E-state index in [0.29, 0.717) is 17.5 Å². The standard InChI is InChI=1S/C57H40N4/c1-7-19-39(20-8-1)45-31-33-48-49-34-32-46(40-21-9-2-10-22-40)38-53(49)61(52(48)37-45)54-50(41-23-11-3-12-24-41)35-47(36-51(54)42-25-13-4-14-26-42)57-59-55(43-27-15-5-16-28-43)58-56(60-57)44-29-17-6-18-30-44/h1-3,5-13,15-38H,4,14H2. The Bertz CT molecular complexity index is 3110. The Balaban J connectivity index is 1.26. The van der Waals surface area contributed by atoms with E-state index >= 15 is 0 Å². The van der Waals surface area contributed by atoms with Crippen molar-refractivity contribution in [3.63, 3.8) is 0 Å². The van der Waals surface area contributed by atoms with E-state index in [1.54, 1.807) is 0 Å². The van der Waals surface area contributed by atoms with Gasteiger partial charge in [-0.3, -0.25) is 0 Å². The van der Waals surface area contributed by atoms with Gasteiger partial charge in [0, 0.05) is 38.6 Å². The molecule has 0 spiro atoms. The van der Waals surface area contributed by atoms with E-state index in [-0.39, 0.29) is 0 Å². The molecule has 2 aromatic heterocycles. The van der Waals surface area contributed by atoms with E-state index < -0.39 is 0 Å². The van der Waals surface area contributed by atoms with Gasteiger partial charge in [-0.15, -0.1) is 0 Å². The lowest BCUT2D eigenvalue weighted by Crippen LogP contribution is -2.06. The van der Waals surface area contributed by atoms with E-state index in [9.17, 15) is 0 Å². The van der Waals surface area contributed by atoms with Crippen LogP contribution in [-0.2, 0) is 0 Å². The van der Waals surface area contributed by atoms with E-state index in [4.69, 9.17) is 15.0 Å². The summed E-state index contributed by atoms with van der Waals surface area (Å²) in [5.74, 6) is 1.90. The van der Waals surface area contributed by atoms with Crippen molar-refractivity contribution < 1.29 is 0 Å². The molecular weight excluding hydrogens is 741 g/mol. The van der Waals surface area contributed by atoms with Crippen molar-refractivity contribution in [1.29, 1.82) is 0 Å². The van der Waals surface area contributed by atoms with E-state index in [2.05, 4.69) is 187 Å². The molecule has 10 aromatic rings. The van der Waals surface area contributed by atoms with E-state index in [0.717, 1.165) is 62.9 Å². The highest BCUT2D eigenvalue weighted by Crippen LogP contribution is 2.44. The second kappa shape index (κ2) is 15.7. The summed E-state index contributed by atoms with van der Waals surface area (Å²) in [6, 6.07) is 71.0. The minimum Gasteiger partial charge on any atom is -0.308 e. The lowest BCUT2D eigenvalue weighted by atomic mass is 9.90. The number of benzene rings is 8. The lowest BCUT2D eigenvalue weighted by molar-refractivity contribution is 1.04. The fraction of sp³-hybridized carbons (Fsp3) is 0.0351. The Morgan fingerprint density at radius 3 is 1.23 bits per heavy atom. The maximum Gasteiger partial charge on any atom is 0.164 e. The Morgan fingerprint density at radius 2 is 0.770 bits per heavy atom. The zero-order chi connectivity index (χ0) is 40.5. The molecule has 8 aromatic carbocycles. The molecule has 11 rings (SSSR count). The fourth-order valence-electron chi connectivity index (χ4n) is 8.69. The van der Waals surface area contributed by atoms with Crippen LogP contribution in [0.4, 0.5) is 0 Å². The number of allylic oxidation sites excluding steroid dienone is 4. The van der Waals surface area contributed by atoms with Gasteiger partial charge < -0.3 is 4.57 Å². The summed E-state index contributed by atoms with van der Waals surface area (Å²) in [5, 5.41) is 2.41. The average molecular weight is 781 g/mol. The van der Waals surface area contributed by atoms with Crippen molar-refractivity contribution >= 4 is 27.4 Å². The molecule has 0 atom stereocenters. The third-order valence-corrected chi connectivity index (χ3v) is 11.7. The Labute approximate surface area is 355 Å². The van der Waals surface area contributed by atoms with Crippen molar-refractivity contribution in [2.24, 2.45) is 0 Å². The van der Waals surface area contributed by atoms with Crippen molar-refractivity contribution in [2.45, 2.75) is 12.8 Å². The molecule has 0 saturated heterocycles.